The van der Waals surface area contributed by atoms with Crippen LogP contribution in [0.25, 0.3) is 0 Å². The molecule has 6 heteroatoms. The molecule has 1 aromatic carbocycles. The van der Waals surface area contributed by atoms with Crippen LogP contribution in [0.4, 0.5) is 0 Å². The lowest BCUT2D eigenvalue weighted by atomic mass is 9.92. The maximum atomic E-state index is 13.0. The van der Waals surface area contributed by atoms with E-state index in [-0.39, 0.29) is 17.9 Å². The van der Waals surface area contributed by atoms with E-state index in [0.717, 1.165) is 18.8 Å². The lowest BCUT2D eigenvalue weighted by molar-refractivity contribution is -0.135. The van der Waals surface area contributed by atoms with Gasteiger partial charge in [0, 0.05) is 20.1 Å². The molecule has 0 saturated carbocycles. The molecule has 0 aliphatic carbocycles. The van der Waals surface area contributed by atoms with Gasteiger partial charge >= 0.3 is 0 Å². The molecule has 6 nitrogen and oxygen atoms in total. The Morgan fingerprint density at radius 1 is 1.30 bits per heavy atom. The number of carbonyl (C=O) groups is 1. The molecule has 2 heterocycles. The minimum atomic E-state index is -0.0133. The summed E-state index contributed by atoms with van der Waals surface area (Å²) in [7, 11) is 5.83. The Morgan fingerprint density at radius 2 is 2.04 bits per heavy atom. The van der Waals surface area contributed by atoms with Gasteiger partial charge in [-0.25, -0.2) is 0 Å². The zero-order valence-electron chi connectivity index (χ0n) is 13.9. The molecule has 1 aliphatic heterocycles. The first-order valence-corrected chi connectivity index (χ1v) is 7.91. The Morgan fingerprint density at radius 3 is 2.70 bits per heavy atom. The van der Waals surface area contributed by atoms with Gasteiger partial charge in [-0.05, 0) is 25.6 Å². The van der Waals surface area contributed by atoms with E-state index in [2.05, 4.69) is 34.3 Å². The molecule has 0 radical (unpaired) electrons. The molecule has 1 saturated heterocycles. The Kier molecular flexibility index (Phi) is 4.43. The number of hydrogen-bond donors (Lipinski definition) is 0. The van der Waals surface area contributed by atoms with E-state index in [0.29, 0.717) is 6.54 Å². The van der Waals surface area contributed by atoms with Crippen LogP contribution in [0, 0.1) is 5.92 Å². The summed E-state index contributed by atoms with van der Waals surface area (Å²) < 4.78 is 1.85. The van der Waals surface area contributed by atoms with E-state index >= 15 is 0 Å². The highest BCUT2D eigenvalue weighted by Gasteiger charge is 2.39. The summed E-state index contributed by atoms with van der Waals surface area (Å²) in [6, 6.07) is 10.4. The number of rotatable bonds is 4. The van der Waals surface area contributed by atoms with Gasteiger partial charge in [-0.1, -0.05) is 30.3 Å². The molecule has 1 fully saturated rings. The first-order chi connectivity index (χ1) is 11.1. The highest BCUT2D eigenvalue weighted by molar-refractivity contribution is 5.80. The summed E-state index contributed by atoms with van der Waals surface area (Å²) in [4.78, 5) is 17.0. The molecule has 0 bridgehead atoms. The minimum absolute atomic E-state index is 0.0133. The highest BCUT2D eigenvalue weighted by atomic mass is 16.2. The normalized spacial score (nSPS) is 21.5. The van der Waals surface area contributed by atoms with Crippen LogP contribution in [0.2, 0.25) is 0 Å². The molecule has 1 amide bonds. The predicted octanol–water partition coefficient (Wildman–Crippen LogP) is 1.47. The quantitative estimate of drug-likeness (QED) is 0.858. The predicted molar refractivity (Wildman–Crippen MR) is 87.4 cm³/mol. The van der Waals surface area contributed by atoms with E-state index in [1.807, 2.05) is 36.9 Å². The second-order valence-electron chi connectivity index (χ2n) is 6.28. The molecule has 1 aliphatic rings. The molecule has 2 atom stereocenters. The molecule has 122 valence electrons. The van der Waals surface area contributed by atoms with E-state index in [9.17, 15) is 4.79 Å². The SMILES string of the molecule is CN(Cc1nncn1C)C(=O)[C@@H]1CCN(C)[C@@H]1c1ccccc1. The summed E-state index contributed by atoms with van der Waals surface area (Å²) in [6.45, 7) is 1.42. The zero-order valence-corrected chi connectivity index (χ0v) is 13.9. The number of carbonyl (C=O) groups excluding carboxylic acids is 1. The summed E-state index contributed by atoms with van der Waals surface area (Å²) in [5.41, 5.74) is 1.21. The first-order valence-electron chi connectivity index (χ1n) is 7.91. The smallest absolute Gasteiger partial charge is 0.227 e. The van der Waals surface area contributed by atoms with Crippen molar-refractivity contribution in [3.05, 3.63) is 48.0 Å². The molecular formula is C17H23N5O. The molecule has 0 unspecified atom stereocenters. The van der Waals surface area contributed by atoms with Crippen molar-refractivity contribution in [2.24, 2.45) is 13.0 Å². The third kappa shape index (κ3) is 3.12. The van der Waals surface area contributed by atoms with Crippen molar-refractivity contribution in [1.29, 1.82) is 0 Å². The van der Waals surface area contributed by atoms with Gasteiger partial charge in [0.15, 0.2) is 5.82 Å². The second kappa shape index (κ2) is 6.50. The Hall–Kier alpha value is -2.21. The Bertz CT molecular complexity index is 669. The average Bonchev–Trinajstić information content (AvgIpc) is 3.13. The largest absolute Gasteiger partial charge is 0.338 e. The van der Waals surface area contributed by atoms with Crippen molar-refractivity contribution in [3.8, 4) is 0 Å². The number of aryl methyl sites for hydroxylation is 1. The van der Waals surface area contributed by atoms with E-state index in [4.69, 9.17) is 0 Å². The third-order valence-corrected chi connectivity index (χ3v) is 4.67. The van der Waals surface area contributed by atoms with Gasteiger partial charge < -0.3 is 9.47 Å². The zero-order chi connectivity index (χ0) is 16.4. The lowest BCUT2D eigenvalue weighted by Gasteiger charge is -2.28. The van der Waals surface area contributed by atoms with Crippen molar-refractivity contribution < 1.29 is 4.79 Å². The van der Waals surface area contributed by atoms with Crippen LogP contribution in [0.3, 0.4) is 0 Å². The molecule has 0 N–H and O–H groups in total. The second-order valence-corrected chi connectivity index (χ2v) is 6.28. The van der Waals surface area contributed by atoms with Crippen molar-refractivity contribution in [3.63, 3.8) is 0 Å². The van der Waals surface area contributed by atoms with Gasteiger partial charge in [-0.15, -0.1) is 10.2 Å². The van der Waals surface area contributed by atoms with Crippen LogP contribution in [0.1, 0.15) is 23.9 Å². The number of amides is 1. The third-order valence-electron chi connectivity index (χ3n) is 4.67. The minimum Gasteiger partial charge on any atom is -0.338 e. The van der Waals surface area contributed by atoms with Gasteiger partial charge in [0.25, 0.3) is 0 Å². The van der Waals surface area contributed by atoms with Gasteiger partial charge in [-0.2, -0.15) is 0 Å². The Labute approximate surface area is 136 Å². The summed E-state index contributed by atoms with van der Waals surface area (Å²) in [5, 5.41) is 7.94. The number of aromatic nitrogens is 3. The van der Waals surface area contributed by atoms with Crippen molar-refractivity contribution >= 4 is 5.91 Å². The lowest BCUT2D eigenvalue weighted by Crippen LogP contribution is -2.36. The van der Waals surface area contributed by atoms with Gasteiger partial charge in [0.2, 0.25) is 5.91 Å². The molecule has 2 aromatic rings. The highest BCUT2D eigenvalue weighted by Crippen LogP contribution is 2.37. The average molecular weight is 313 g/mol. The van der Waals surface area contributed by atoms with Gasteiger partial charge in [0.1, 0.15) is 6.33 Å². The summed E-state index contributed by atoms with van der Waals surface area (Å²) in [6.07, 6.45) is 2.54. The topological polar surface area (TPSA) is 54.3 Å². The van der Waals surface area contributed by atoms with Gasteiger partial charge in [-0.3, -0.25) is 9.69 Å². The van der Waals surface area contributed by atoms with Crippen molar-refractivity contribution in [2.75, 3.05) is 20.6 Å². The van der Waals surface area contributed by atoms with Crippen LogP contribution in [0.5, 0.6) is 0 Å². The molecule has 3 rings (SSSR count). The summed E-state index contributed by atoms with van der Waals surface area (Å²) in [5.74, 6) is 0.954. The summed E-state index contributed by atoms with van der Waals surface area (Å²) >= 11 is 0. The number of likely N-dealkylation sites (tertiary alicyclic amines) is 1. The maximum Gasteiger partial charge on any atom is 0.227 e. The van der Waals surface area contributed by atoms with E-state index < -0.39 is 0 Å². The van der Waals surface area contributed by atoms with Gasteiger partial charge in [0.05, 0.1) is 12.5 Å². The Balaban J connectivity index is 1.76. The van der Waals surface area contributed by atoms with Crippen LogP contribution in [0.15, 0.2) is 36.7 Å². The molecule has 23 heavy (non-hydrogen) atoms. The van der Waals surface area contributed by atoms with Crippen molar-refractivity contribution in [1.82, 2.24) is 24.6 Å². The molecule has 0 spiro atoms. The first kappa shape index (κ1) is 15.7. The fraction of sp³-hybridized carbons (Fsp3) is 0.471. The number of nitrogens with zero attached hydrogens (tertiary/aromatic N) is 5. The van der Waals surface area contributed by atoms with Crippen LogP contribution in [-0.4, -0.2) is 51.1 Å². The maximum absolute atomic E-state index is 13.0. The molecular weight excluding hydrogens is 290 g/mol. The van der Waals surface area contributed by atoms with Crippen LogP contribution in [-0.2, 0) is 18.4 Å². The van der Waals surface area contributed by atoms with E-state index in [1.165, 1.54) is 5.56 Å². The van der Waals surface area contributed by atoms with Crippen molar-refractivity contribution in [2.45, 2.75) is 19.0 Å². The fourth-order valence-corrected chi connectivity index (χ4v) is 3.37. The van der Waals surface area contributed by atoms with Crippen LogP contribution >= 0.6 is 0 Å². The molecule has 1 aromatic heterocycles. The standard InChI is InChI=1S/C17H23N5O/c1-20-10-9-14(16(20)13-7-5-4-6-8-13)17(23)21(2)11-15-19-18-12-22(15)3/h4-8,12,14,16H,9-11H2,1-3H3/t14-,16-/m1/s1. The number of benzene rings is 1. The monoisotopic (exact) mass is 313 g/mol. The fourth-order valence-electron chi connectivity index (χ4n) is 3.37. The number of hydrogen-bond acceptors (Lipinski definition) is 4. The van der Waals surface area contributed by atoms with Crippen LogP contribution < -0.4 is 0 Å². The van der Waals surface area contributed by atoms with E-state index in [1.54, 1.807) is 11.2 Å².